The molecule has 1 unspecified atom stereocenters. The van der Waals surface area contributed by atoms with Gasteiger partial charge in [0.2, 0.25) is 0 Å². The third-order valence-corrected chi connectivity index (χ3v) is 3.12. The molecule has 3 nitrogen and oxygen atoms in total. The molecular formula is C13H16FNO2. The Labute approximate surface area is 99.9 Å². The molecule has 0 saturated carbocycles. The van der Waals surface area contributed by atoms with Crippen LogP contribution in [0, 0.1) is 18.7 Å². The molecule has 0 aromatic heterocycles. The molecule has 1 aliphatic rings. The summed E-state index contributed by atoms with van der Waals surface area (Å²) in [6, 6.07) is 4.36. The lowest BCUT2D eigenvalue weighted by molar-refractivity contribution is 0.0781. The van der Waals surface area contributed by atoms with Crippen LogP contribution in [0.1, 0.15) is 22.3 Å². The minimum absolute atomic E-state index is 0.103. The van der Waals surface area contributed by atoms with E-state index in [1.54, 1.807) is 17.9 Å². The molecule has 1 fully saturated rings. The molecular weight excluding hydrogens is 221 g/mol. The van der Waals surface area contributed by atoms with Gasteiger partial charge in [0.15, 0.2) is 0 Å². The first kappa shape index (κ1) is 12.0. The lowest BCUT2D eigenvalue weighted by atomic mass is 10.1. The lowest BCUT2D eigenvalue weighted by Crippen LogP contribution is -2.29. The lowest BCUT2D eigenvalue weighted by Gasteiger charge is -2.16. The van der Waals surface area contributed by atoms with Crippen LogP contribution < -0.4 is 0 Å². The van der Waals surface area contributed by atoms with E-state index in [0.29, 0.717) is 18.7 Å². The summed E-state index contributed by atoms with van der Waals surface area (Å²) in [5, 5.41) is 9.03. The van der Waals surface area contributed by atoms with Crippen molar-refractivity contribution >= 4 is 5.91 Å². The van der Waals surface area contributed by atoms with Crippen molar-refractivity contribution in [2.24, 2.45) is 5.92 Å². The highest BCUT2D eigenvalue weighted by molar-refractivity contribution is 5.94. The maximum absolute atomic E-state index is 13.2. The van der Waals surface area contributed by atoms with E-state index in [4.69, 9.17) is 5.11 Å². The maximum atomic E-state index is 13.2. The summed E-state index contributed by atoms with van der Waals surface area (Å²) < 4.78 is 13.2. The van der Waals surface area contributed by atoms with Crippen LogP contribution in [-0.2, 0) is 0 Å². The molecule has 17 heavy (non-hydrogen) atoms. The van der Waals surface area contributed by atoms with Crippen molar-refractivity contribution in [2.45, 2.75) is 13.3 Å². The Kier molecular flexibility index (Phi) is 3.43. The molecule has 1 atom stereocenters. The van der Waals surface area contributed by atoms with Gasteiger partial charge >= 0.3 is 0 Å². The zero-order valence-corrected chi connectivity index (χ0v) is 9.82. The van der Waals surface area contributed by atoms with Crippen LogP contribution in [0.15, 0.2) is 18.2 Å². The second kappa shape index (κ2) is 4.84. The molecule has 0 aliphatic carbocycles. The molecule has 1 amide bonds. The van der Waals surface area contributed by atoms with Gasteiger partial charge in [-0.3, -0.25) is 4.79 Å². The van der Waals surface area contributed by atoms with Crippen LogP contribution in [-0.4, -0.2) is 35.6 Å². The summed E-state index contributed by atoms with van der Waals surface area (Å²) in [6.07, 6.45) is 0.816. The number of carbonyl (C=O) groups is 1. The van der Waals surface area contributed by atoms with Gasteiger partial charge < -0.3 is 10.0 Å². The Morgan fingerprint density at radius 2 is 2.29 bits per heavy atom. The van der Waals surface area contributed by atoms with Crippen molar-refractivity contribution in [3.63, 3.8) is 0 Å². The molecule has 2 rings (SSSR count). The number of aliphatic hydroxyl groups is 1. The number of benzene rings is 1. The third kappa shape index (κ3) is 2.64. The number of rotatable bonds is 2. The van der Waals surface area contributed by atoms with Crippen LogP contribution in [0.4, 0.5) is 4.39 Å². The summed E-state index contributed by atoms with van der Waals surface area (Å²) in [5.74, 6) is -0.372. The highest BCUT2D eigenvalue weighted by Crippen LogP contribution is 2.19. The third-order valence-electron chi connectivity index (χ3n) is 3.12. The molecule has 1 heterocycles. The van der Waals surface area contributed by atoms with E-state index in [1.165, 1.54) is 12.1 Å². The van der Waals surface area contributed by atoms with Crippen molar-refractivity contribution in [1.82, 2.24) is 4.90 Å². The van der Waals surface area contributed by atoms with Crippen LogP contribution in [0.5, 0.6) is 0 Å². The Bertz CT molecular complexity index is 413. The molecule has 0 bridgehead atoms. The van der Waals surface area contributed by atoms with Gasteiger partial charge in [0, 0.05) is 31.2 Å². The fourth-order valence-corrected chi connectivity index (χ4v) is 2.21. The van der Waals surface area contributed by atoms with Crippen LogP contribution >= 0.6 is 0 Å². The largest absolute Gasteiger partial charge is 0.396 e. The van der Waals surface area contributed by atoms with Gasteiger partial charge in [-0.05, 0) is 37.1 Å². The standard InChI is InChI=1S/C13H16FNO2/c1-9-4-11(6-12(14)5-9)13(17)15-3-2-10(7-15)8-16/h4-6,10,16H,2-3,7-8H2,1H3. The summed E-state index contributed by atoms with van der Waals surface area (Å²) in [6.45, 7) is 3.07. The number of hydrogen-bond donors (Lipinski definition) is 1. The van der Waals surface area contributed by atoms with Crippen LogP contribution in [0.2, 0.25) is 0 Å². The number of aryl methyl sites for hydroxylation is 1. The second-order valence-electron chi connectivity index (χ2n) is 4.61. The van der Waals surface area contributed by atoms with Gasteiger partial charge in [0.25, 0.3) is 5.91 Å². The minimum Gasteiger partial charge on any atom is -0.396 e. The molecule has 1 aromatic carbocycles. The van der Waals surface area contributed by atoms with E-state index in [9.17, 15) is 9.18 Å². The first-order chi connectivity index (χ1) is 8.10. The van der Waals surface area contributed by atoms with E-state index in [0.717, 1.165) is 12.0 Å². The molecule has 0 radical (unpaired) electrons. The predicted molar refractivity (Wildman–Crippen MR) is 62.2 cm³/mol. The molecule has 1 N–H and O–H groups in total. The van der Waals surface area contributed by atoms with Crippen LogP contribution in [0.3, 0.4) is 0 Å². The summed E-state index contributed by atoms with van der Waals surface area (Å²) >= 11 is 0. The summed E-state index contributed by atoms with van der Waals surface area (Å²) in [4.78, 5) is 13.8. The van der Waals surface area contributed by atoms with E-state index in [2.05, 4.69) is 0 Å². The molecule has 0 spiro atoms. The molecule has 1 aromatic rings. The number of carbonyl (C=O) groups excluding carboxylic acids is 1. The first-order valence-corrected chi connectivity index (χ1v) is 5.77. The van der Waals surface area contributed by atoms with Crippen LogP contribution in [0.25, 0.3) is 0 Å². The Morgan fingerprint density at radius 1 is 1.53 bits per heavy atom. The SMILES string of the molecule is Cc1cc(F)cc(C(=O)N2CCC(CO)C2)c1. The highest BCUT2D eigenvalue weighted by atomic mass is 19.1. The topological polar surface area (TPSA) is 40.5 Å². The smallest absolute Gasteiger partial charge is 0.253 e. The number of likely N-dealkylation sites (tertiary alicyclic amines) is 1. The van der Waals surface area contributed by atoms with E-state index in [1.807, 2.05) is 0 Å². The van der Waals surface area contributed by atoms with Gasteiger partial charge in [-0.25, -0.2) is 4.39 Å². The first-order valence-electron chi connectivity index (χ1n) is 5.77. The average molecular weight is 237 g/mol. The molecule has 1 aliphatic heterocycles. The van der Waals surface area contributed by atoms with E-state index >= 15 is 0 Å². The highest BCUT2D eigenvalue weighted by Gasteiger charge is 2.26. The summed E-state index contributed by atoms with van der Waals surface area (Å²) in [7, 11) is 0. The van der Waals surface area contributed by atoms with Gasteiger partial charge in [-0.2, -0.15) is 0 Å². The predicted octanol–water partition coefficient (Wildman–Crippen LogP) is 1.59. The van der Waals surface area contributed by atoms with Crippen molar-refractivity contribution in [1.29, 1.82) is 0 Å². The Balaban J connectivity index is 2.14. The maximum Gasteiger partial charge on any atom is 0.253 e. The Morgan fingerprint density at radius 3 is 2.88 bits per heavy atom. The number of hydrogen-bond acceptors (Lipinski definition) is 2. The number of nitrogens with zero attached hydrogens (tertiary/aromatic N) is 1. The minimum atomic E-state index is -0.383. The van der Waals surface area contributed by atoms with Gasteiger partial charge in [-0.15, -0.1) is 0 Å². The van der Waals surface area contributed by atoms with Crippen molar-refractivity contribution in [3.8, 4) is 0 Å². The second-order valence-corrected chi connectivity index (χ2v) is 4.61. The van der Waals surface area contributed by atoms with Crippen molar-refractivity contribution in [2.75, 3.05) is 19.7 Å². The van der Waals surface area contributed by atoms with E-state index < -0.39 is 0 Å². The van der Waals surface area contributed by atoms with Crippen molar-refractivity contribution < 1.29 is 14.3 Å². The normalized spacial score (nSPS) is 19.7. The molecule has 1 saturated heterocycles. The van der Waals surface area contributed by atoms with E-state index in [-0.39, 0.29) is 24.2 Å². The fraction of sp³-hybridized carbons (Fsp3) is 0.462. The van der Waals surface area contributed by atoms with Gasteiger partial charge in [0.1, 0.15) is 5.82 Å². The van der Waals surface area contributed by atoms with Gasteiger partial charge in [0.05, 0.1) is 0 Å². The quantitative estimate of drug-likeness (QED) is 0.848. The monoisotopic (exact) mass is 237 g/mol. The molecule has 4 heteroatoms. The Hall–Kier alpha value is -1.42. The van der Waals surface area contributed by atoms with Crippen molar-refractivity contribution in [3.05, 3.63) is 35.1 Å². The zero-order chi connectivity index (χ0) is 12.4. The zero-order valence-electron chi connectivity index (χ0n) is 9.82. The number of halogens is 1. The number of amides is 1. The van der Waals surface area contributed by atoms with Gasteiger partial charge in [-0.1, -0.05) is 0 Å². The average Bonchev–Trinajstić information content (AvgIpc) is 2.75. The number of aliphatic hydroxyl groups excluding tert-OH is 1. The molecule has 92 valence electrons. The summed E-state index contributed by atoms with van der Waals surface area (Å²) in [5.41, 5.74) is 1.13. The fourth-order valence-electron chi connectivity index (χ4n) is 2.21.